The summed E-state index contributed by atoms with van der Waals surface area (Å²) in [6.07, 6.45) is 1.86. The molecule has 1 N–H and O–H groups in total. The van der Waals surface area contributed by atoms with Crippen molar-refractivity contribution in [1.82, 2.24) is 0 Å². The summed E-state index contributed by atoms with van der Waals surface area (Å²) in [5.41, 5.74) is 2.93. The zero-order valence-electron chi connectivity index (χ0n) is 15.3. The van der Waals surface area contributed by atoms with Gasteiger partial charge in [-0.25, -0.2) is 0 Å². The van der Waals surface area contributed by atoms with E-state index in [2.05, 4.69) is 5.32 Å². The zero-order chi connectivity index (χ0) is 19.1. The molecule has 0 heterocycles. The van der Waals surface area contributed by atoms with Crippen molar-refractivity contribution in [2.45, 2.75) is 0 Å². The number of methoxy groups -OCH3 is 2. The fourth-order valence-corrected chi connectivity index (χ4v) is 2.70. The normalized spacial score (nSPS) is 11.0. The summed E-state index contributed by atoms with van der Waals surface area (Å²) in [7, 11) is 3.21. The minimum atomic E-state index is -0.207. The second-order valence-electron chi connectivity index (χ2n) is 5.85. The maximum atomic E-state index is 13.0. The van der Waals surface area contributed by atoms with Gasteiger partial charge in [0.2, 0.25) is 0 Å². The third-order valence-corrected chi connectivity index (χ3v) is 4.11. The topological polar surface area (TPSA) is 47.6 Å². The van der Waals surface area contributed by atoms with Gasteiger partial charge in [-0.1, -0.05) is 54.6 Å². The SMILES string of the molecule is COc1ccc(/C=C(/C(=O)Nc2ccccc2OC)c2ccccc2)cc1. The fraction of sp³-hybridized carbons (Fsp3) is 0.0870. The Labute approximate surface area is 159 Å². The summed E-state index contributed by atoms with van der Waals surface area (Å²) in [6.45, 7) is 0. The third-order valence-electron chi connectivity index (χ3n) is 4.11. The van der Waals surface area contributed by atoms with Crippen LogP contribution in [-0.4, -0.2) is 20.1 Å². The molecule has 4 nitrogen and oxygen atoms in total. The molecule has 0 fully saturated rings. The lowest BCUT2D eigenvalue weighted by Crippen LogP contribution is -2.14. The molecule has 0 spiro atoms. The first-order valence-electron chi connectivity index (χ1n) is 8.57. The number of carbonyl (C=O) groups is 1. The first kappa shape index (κ1) is 18.3. The number of anilines is 1. The van der Waals surface area contributed by atoms with E-state index in [9.17, 15) is 4.79 Å². The summed E-state index contributed by atoms with van der Waals surface area (Å²) in [5, 5.41) is 2.95. The highest BCUT2D eigenvalue weighted by Gasteiger charge is 2.14. The monoisotopic (exact) mass is 359 g/mol. The van der Waals surface area contributed by atoms with Gasteiger partial charge in [0.25, 0.3) is 5.91 Å². The average Bonchev–Trinajstić information content (AvgIpc) is 2.73. The van der Waals surface area contributed by atoms with Crippen molar-refractivity contribution in [1.29, 1.82) is 0 Å². The first-order valence-corrected chi connectivity index (χ1v) is 8.57. The minimum Gasteiger partial charge on any atom is -0.497 e. The van der Waals surface area contributed by atoms with Crippen LogP contribution in [-0.2, 0) is 4.79 Å². The van der Waals surface area contributed by atoms with Gasteiger partial charge in [-0.3, -0.25) is 4.79 Å². The van der Waals surface area contributed by atoms with Crippen molar-refractivity contribution in [3.63, 3.8) is 0 Å². The lowest BCUT2D eigenvalue weighted by molar-refractivity contribution is -0.111. The maximum absolute atomic E-state index is 13.0. The first-order chi connectivity index (χ1) is 13.2. The van der Waals surface area contributed by atoms with Crippen LogP contribution in [0.1, 0.15) is 11.1 Å². The molecular formula is C23H21NO3. The van der Waals surface area contributed by atoms with E-state index in [4.69, 9.17) is 9.47 Å². The van der Waals surface area contributed by atoms with Crippen molar-refractivity contribution in [3.05, 3.63) is 90.0 Å². The number of para-hydroxylation sites is 2. The van der Waals surface area contributed by atoms with Gasteiger partial charge >= 0.3 is 0 Å². The summed E-state index contributed by atoms with van der Waals surface area (Å²) in [5.74, 6) is 1.18. The Kier molecular flexibility index (Phi) is 5.90. The van der Waals surface area contributed by atoms with Crippen LogP contribution in [0, 0.1) is 0 Å². The van der Waals surface area contributed by atoms with Crippen LogP contribution < -0.4 is 14.8 Å². The van der Waals surface area contributed by atoms with E-state index in [1.165, 1.54) is 0 Å². The molecule has 0 radical (unpaired) electrons. The van der Waals surface area contributed by atoms with E-state index in [0.717, 1.165) is 16.9 Å². The summed E-state index contributed by atoms with van der Waals surface area (Å²) < 4.78 is 10.5. The molecule has 3 aromatic rings. The van der Waals surface area contributed by atoms with Crippen LogP contribution in [0.5, 0.6) is 11.5 Å². The Hall–Kier alpha value is -3.53. The average molecular weight is 359 g/mol. The van der Waals surface area contributed by atoms with Gasteiger partial charge in [-0.15, -0.1) is 0 Å². The number of amides is 1. The quantitative estimate of drug-likeness (QED) is 0.504. The van der Waals surface area contributed by atoms with Crippen LogP contribution >= 0.6 is 0 Å². The van der Waals surface area contributed by atoms with Crippen LogP contribution in [0.25, 0.3) is 11.6 Å². The molecule has 0 aromatic heterocycles. The number of carbonyl (C=O) groups excluding carboxylic acids is 1. The molecule has 0 bridgehead atoms. The smallest absolute Gasteiger partial charge is 0.256 e. The zero-order valence-corrected chi connectivity index (χ0v) is 15.3. The lowest BCUT2D eigenvalue weighted by Gasteiger charge is -2.12. The molecule has 0 atom stereocenters. The molecule has 0 aliphatic heterocycles. The van der Waals surface area contributed by atoms with E-state index in [1.54, 1.807) is 14.2 Å². The fourth-order valence-electron chi connectivity index (χ4n) is 2.70. The molecule has 3 rings (SSSR count). The molecule has 4 heteroatoms. The summed E-state index contributed by atoms with van der Waals surface area (Å²) in [4.78, 5) is 13.0. The van der Waals surface area contributed by atoms with Crippen molar-refractivity contribution < 1.29 is 14.3 Å². The van der Waals surface area contributed by atoms with Gasteiger partial charge in [0.15, 0.2) is 0 Å². The number of rotatable bonds is 6. The molecule has 0 unspecified atom stereocenters. The summed E-state index contributed by atoms with van der Waals surface area (Å²) >= 11 is 0. The Bertz CT molecular complexity index is 931. The second kappa shape index (κ2) is 8.72. The number of benzene rings is 3. The van der Waals surface area contributed by atoms with Crippen molar-refractivity contribution in [2.24, 2.45) is 0 Å². The molecule has 1 amide bonds. The van der Waals surface area contributed by atoms with Gasteiger partial charge in [-0.2, -0.15) is 0 Å². The second-order valence-corrected chi connectivity index (χ2v) is 5.85. The van der Waals surface area contributed by atoms with Crippen LogP contribution in [0.15, 0.2) is 78.9 Å². The number of ether oxygens (including phenoxy) is 2. The molecule has 0 aliphatic carbocycles. The van der Waals surface area contributed by atoms with E-state index < -0.39 is 0 Å². The number of nitrogens with one attached hydrogen (secondary N) is 1. The standard InChI is InChI=1S/C23H21NO3/c1-26-19-14-12-17(13-15-19)16-20(18-8-4-3-5-9-18)23(25)24-21-10-6-7-11-22(21)27-2/h3-16H,1-2H3,(H,24,25)/b20-16+. The van der Waals surface area contributed by atoms with Gasteiger partial charge < -0.3 is 14.8 Å². The molecule has 0 aliphatic rings. The minimum absolute atomic E-state index is 0.207. The van der Waals surface area contributed by atoms with Crippen LogP contribution in [0.3, 0.4) is 0 Å². The predicted octanol–water partition coefficient (Wildman–Crippen LogP) is 4.88. The Morgan fingerprint density at radius 1 is 0.815 bits per heavy atom. The van der Waals surface area contributed by atoms with Crippen molar-refractivity contribution >= 4 is 23.2 Å². The van der Waals surface area contributed by atoms with Gasteiger partial charge in [0.1, 0.15) is 11.5 Å². The van der Waals surface area contributed by atoms with Gasteiger partial charge in [-0.05, 0) is 41.5 Å². The van der Waals surface area contributed by atoms with Gasteiger partial charge in [0.05, 0.1) is 19.9 Å². The number of hydrogen-bond donors (Lipinski definition) is 1. The Morgan fingerprint density at radius 3 is 2.15 bits per heavy atom. The molecular weight excluding hydrogens is 338 g/mol. The molecule has 0 saturated heterocycles. The van der Waals surface area contributed by atoms with Crippen molar-refractivity contribution in [2.75, 3.05) is 19.5 Å². The molecule has 27 heavy (non-hydrogen) atoms. The van der Waals surface area contributed by atoms with E-state index in [0.29, 0.717) is 17.0 Å². The molecule has 136 valence electrons. The van der Waals surface area contributed by atoms with E-state index in [-0.39, 0.29) is 5.91 Å². The maximum Gasteiger partial charge on any atom is 0.256 e. The lowest BCUT2D eigenvalue weighted by atomic mass is 10.0. The van der Waals surface area contributed by atoms with Crippen LogP contribution in [0.4, 0.5) is 5.69 Å². The number of hydrogen-bond acceptors (Lipinski definition) is 3. The molecule has 0 saturated carbocycles. The van der Waals surface area contributed by atoms with Crippen molar-refractivity contribution in [3.8, 4) is 11.5 Å². The Morgan fingerprint density at radius 2 is 1.48 bits per heavy atom. The highest BCUT2D eigenvalue weighted by molar-refractivity contribution is 6.29. The largest absolute Gasteiger partial charge is 0.497 e. The molecule has 3 aromatic carbocycles. The van der Waals surface area contributed by atoms with Gasteiger partial charge in [0, 0.05) is 5.57 Å². The highest BCUT2D eigenvalue weighted by atomic mass is 16.5. The summed E-state index contributed by atoms with van der Waals surface area (Å²) in [6, 6.07) is 24.5. The predicted molar refractivity (Wildman–Crippen MR) is 109 cm³/mol. The van der Waals surface area contributed by atoms with Crippen LogP contribution in [0.2, 0.25) is 0 Å². The van der Waals surface area contributed by atoms with E-state index >= 15 is 0 Å². The third kappa shape index (κ3) is 4.55. The van der Waals surface area contributed by atoms with E-state index in [1.807, 2.05) is 84.9 Å². The highest BCUT2D eigenvalue weighted by Crippen LogP contribution is 2.26. The Balaban J connectivity index is 1.96.